The van der Waals surface area contributed by atoms with Crippen molar-refractivity contribution < 1.29 is 47.6 Å². The van der Waals surface area contributed by atoms with E-state index in [1.165, 1.54) is 19.1 Å². The molecule has 45 heavy (non-hydrogen) atoms. The Morgan fingerprint density at radius 2 is 1.33 bits per heavy atom. The zero-order chi connectivity index (χ0) is 33.1. The first-order chi connectivity index (χ1) is 21.3. The summed E-state index contributed by atoms with van der Waals surface area (Å²) in [6, 6.07) is 15.9. The van der Waals surface area contributed by atoms with Gasteiger partial charge in [-0.25, -0.2) is 18.8 Å². The van der Waals surface area contributed by atoms with Gasteiger partial charge in [-0.2, -0.15) is 0 Å². The summed E-state index contributed by atoms with van der Waals surface area (Å²) in [5.41, 5.74) is 3.30. The van der Waals surface area contributed by atoms with E-state index < -0.39 is 30.0 Å². The number of carbonyl (C=O) groups is 3. The Bertz CT molecular complexity index is 1590. The Hall–Kier alpha value is -5.06. The number of hydrogen-bond donors (Lipinski definition) is 1. The molecule has 10 heteroatoms. The highest BCUT2D eigenvalue weighted by Gasteiger charge is 2.15. The first kappa shape index (κ1) is 34.4. The first-order valence-corrected chi connectivity index (χ1v) is 13.9. The van der Waals surface area contributed by atoms with E-state index in [-0.39, 0.29) is 48.9 Å². The highest BCUT2D eigenvalue weighted by atomic mass is 19.1. The molecule has 0 aromatic heterocycles. The van der Waals surface area contributed by atoms with E-state index in [2.05, 4.69) is 19.7 Å². The number of esters is 3. The van der Waals surface area contributed by atoms with E-state index in [1.54, 1.807) is 62.4 Å². The fourth-order valence-electron chi connectivity index (χ4n) is 3.71. The van der Waals surface area contributed by atoms with Crippen molar-refractivity contribution in [2.75, 3.05) is 26.4 Å². The van der Waals surface area contributed by atoms with Gasteiger partial charge in [0.1, 0.15) is 25.6 Å². The molecule has 236 valence electrons. The minimum absolute atomic E-state index is 0.00850. The predicted molar refractivity (Wildman–Crippen MR) is 166 cm³/mol. The van der Waals surface area contributed by atoms with Gasteiger partial charge in [0.2, 0.25) is 0 Å². The lowest BCUT2D eigenvalue weighted by atomic mass is 9.96. The lowest BCUT2D eigenvalue weighted by Crippen LogP contribution is -2.17. The zero-order valence-electron chi connectivity index (χ0n) is 25.4. The van der Waals surface area contributed by atoms with Crippen LogP contribution in [-0.2, 0) is 23.8 Å². The molecule has 3 aromatic rings. The van der Waals surface area contributed by atoms with E-state index in [0.29, 0.717) is 33.6 Å². The second-order valence-electron chi connectivity index (χ2n) is 10.1. The maximum Gasteiger partial charge on any atom is 0.338 e. The van der Waals surface area contributed by atoms with Gasteiger partial charge >= 0.3 is 17.9 Å². The van der Waals surface area contributed by atoms with Crippen LogP contribution in [0.2, 0.25) is 0 Å². The van der Waals surface area contributed by atoms with Crippen molar-refractivity contribution in [1.29, 1.82) is 0 Å². The fourth-order valence-corrected chi connectivity index (χ4v) is 3.71. The summed E-state index contributed by atoms with van der Waals surface area (Å²) in [5.74, 6) is -2.20. The van der Waals surface area contributed by atoms with Gasteiger partial charge in [-0.1, -0.05) is 37.9 Å². The molecule has 0 amide bonds. The maximum atomic E-state index is 15.0. The first-order valence-electron chi connectivity index (χ1n) is 13.9. The SMILES string of the molecule is C=C(C)C(=O)OCCOC(=O)c1cc(-c2ccc(OC(=O)C(=C)C)cc2)cc(-c2ccc(OCCOC(O)C(=C)C)c(F)c2)c1. The van der Waals surface area contributed by atoms with Gasteiger partial charge in [0, 0.05) is 11.1 Å². The Morgan fingerprint density at radius 3 is 1.93 bits per heavy atom. The van der Waals surface area contributed by atoms with Gasteiger partial charge in [-0.05, 0) is 91.1 Å². The number of aliphatic hydroxyl groups is 1. The average Bonchev–Trinajstić information content (AvgIpc) is 3.01. The molecule has 0 radical (unpaired) electrons. The standard InChI is InChI=1S/C35H35FO9/c1-21(2)32(37)42-14-13-41-31-12-9-25(20-30(31)36)27-17-26(24-7-10-29(11-8-24)45-34(39)23(5)6)18-28(19-27)35(40)44-16-15-43-33(38)22(3)4/h7-12,17-20,32,37H,1,3,5,13-16H2,2,4,6H3. The molecule has 1 N–H and O–H groups in total. The monoisotopic (exact) mass is 618 g/mol. The third kappa shape index (κ3) is 10.3. The molecule has 9 nitrogen and oxygen atoms in total. The van der Waals surface area contributed by atoms with Crippen LogP contribution in [0.4, 0.5) is 4.39 Å². The van der Waals surface area contributed by atoms with Crippen LogP contribution < -0.4 is 9.47 Å². The molecular formula is C35H35FO9. The second kappa shape index (κ2) is 16.1. The van der Waals surface area contributed by atoms with Crippen LogP contribution in [0.5, 0.6) is 11.5 Å². The molecule has 3 aromatic carbocycles. The Kier molecular flexibility index (Phi) is 12.3. The van der Waals surface area contributed by atoms with E-state index in [0.717, 1.165) is 0 Å². The summed E-state index contributed by atoms with van der Waals surface area (Å²) in [4.78, 5) is 36.5. The Balaban J connectivity index is 1.86. The number of aliphatic hydroxyl groups excluding tert-OH is 1. The normalized spacial score (nSPS) is 11.2. The molecule has 0 bridgehead atoms. The summed E-state index contributed by atoms with van der Waals surface area (Å²) in [7, 11) is 0. The number of ether oxygens (including phenoxy) is 5. The van der Waals surface area contributed by atoms with Crippen molar-refractivity contribution in [2.45, 2.75) is 27.1 Å². The highest BCUT2D eigenvalue weighted by Crippen LogP contribution is 2.32. The van der Waals surface area contributed by atoms with Crippen LogP contribution in [0.25, 0.3) is 22.3 Å². The number of halogens is 1. The van der Waals surface area contributed by atoms with E-state index in [4.69, 9.17) is 23.7 Å². The lowest BCUT2D eigenvalue weighted by molar-refractivity contribution is -0.140. The molecule has 0 saturated heterocycles. The molecule has 0 aliphatic rings. The van der Waals surface area contributed by atoms with E-state index in [1.807, 2.05) is 0 Å². The maximum absolute atomic E-state index is 15.0. The van der Waals surface area contributed by atoms with Gasteiger partial charge in [0.05, 0.1) is 12.2 Å². The Labute approximate surface area is 261 Å². The fraction of sp³-hybridized carbons (Fsp3) is 0.229. The van der Waals surface area contributed by atoms with Crippen molar-refractivity contribution >= 4 is 17.9 Å². The van der Waals surface area contributed by atoms with Crippen molar-refractivity contribution in [3.8, 4) is 33.8 Å². The number of benzene rings is 3. The smallest absolute Gasteiger partial charge is 0.338 e. The van der Waals surface area contributed by atoms with Crippen LogP contribution in [0.3, 0.4) is 0 Å². The van der Waals surface area contributed by atoms with Crippen molar-refractivity contribution in [3.63, 3.8) is 0 Å². The molecule has 0 spiro atoms. The van der Waals surface area contributed by atoms with E-state index >= 15 is 4.39 Å². The Morgan fingerprint density at radius 1 is 0.733 bits per heavy atom. The minimum Gasteiger partial charge on any atom is -0.488 e. The largest absolute Gasteiger partial charge is 0.488 e. The van der Waals surface area contributed by atoms with Crippen molar-refractivity contribution in [2.24, 2.45) is 0 Å². The van der Waals surface area contributed by atoms with Crippen LogP contribution in [0.15, 0.2) is 97.1 Å². The average molecular weight is 619 g/mol. The minimum atomic E-state index is -1.14. The summed E-state index contributed by atoms with van der Waals surface area (Å²) < 4.78 is 41.2. The second-order valence-corrected chi connectivity index (χ2v) is 10.1. The number of rotatable bonds is 15. The lowest BCUT2D eigenvalue weighted by Gasteiger charge is -2.14. The van der Waals surface area contributed by atoms with E-state index in [9.17, 15) is 19.5 Å². The van der Waals surface area contributed by atoms with Crippen LogP contribution in [0, 0.1) is 5.82 Å². The number of hydrogen-bond acceptors (Lipinski definition) is 9. The zero-order valence-corrected chi connectivity index (χ0v) is 25.4. The van der Waals surface area contributed by atoms with Gasteiger partial charge in [-0.3, -0.25) is 0 Å². The highest BCUT2D eigenvalue weighted by molar-refractivity contribution is 5.94. The molecule has 0 aliphatic heterocycles. The van der Waals surface area contributed by atoms with Crippen LogP contribution >= 0.6 is 0 Å². The van der Waals surface area contributed by atoms with Gasteiger partial charge < -0.3 is 28.8 Å². The molecule has 0 fully saturated rings. The summed E-state index contributed by atoms with van der Waals surface area (Å²) in [6.45, 7) is 15.0. The van der Waals surface area contributed by atoms with Crippen molar-refractivity contribution in [3.05, 3.63) is 109 Å². The molecular weight excluding hydrogens is 583 g/mol. The predicted octanol–water partition coefficient (Wildman–Crippen LogP) is 6.21. The van der Waals surface area contributed by atoms with Crippen molar-refractivity contribution in [1.82, 2.24) is 0 Å². The number of carbonyl (C=O) groups excluding carboxylic acids is 3. The summed E-state index contributed by atoms with van der Waals surface area (Å²) in [5, 5.41) is 9.65. The van der Waals surface area contributed by atoms with Gasteiger partial charge in [-0.15, -0.1) is 0 Å². The summed E-state index contributed by atoms with van der Waals surface area (Å²) >= 11 is 0. The molecule has 1 unspecified atom stereocenters. The molecule has 0 saturated carbocycles. The third-order valence-electron chi connectivity index (χ3n) is 6.12. The molecule has 0 heterocycles. The molecule has 1 atom stereocenters. The van der Waals surface area contributed by atoms with Crippen LogP contribution in [0.1, 0.15) is 31.1 Å². The van der Waals surface area contributed by atoms with Crippen LogP contribution in [-0.4, -0.2) is 55.7 Å². The molecule has 0 aliphatic carbocycles. The quantitative estimate of drug-likeness (QED) is 0.0530. The van der Waals surface area contributed by atoms with Gasteiger partial charge in [0.25, 0.3) is 0 Å². The third-order valence-corrected chi connectivity index (χ3v) is 6.12. The molecule has 3 rings (SSSR count). The topological polar surface area (TPSA) is 118 Å². The summed E-state index contributed by atoms with van der Waals surface area (Å²) in [6.07, 6.45) is -1.14. The van der Waals surface area contributed by atoms with Gasteiger partial charge in [0.15, 0.2) is 17.9 Å².